The summed E-state index contributed by atoms with van der Waals surface area (Å²) in [4.78, 5) is 17.9. The number of ether oxygens (including phenoxy) is 1. The zero-order valence-electron chi connectivity index (χ0n) is 12.4. The van der Waals surface area contributed by atoms with Crippen molar-refractivity contribution in [2.75, 3.05) is 23.9 Å². The molecule has 0 aliphatic carbocycles. The van der Waals surface area contributed by atoms with Crippen molar-refractivity contribution in [2.24, 2.45) is 0 Å². The summed E-state index contributed by atoms with van der Waals surface area (Å²) in [6.45, 7) is 1.93. The van der Waals surface area contributed by atoms with E-state index in [0.29, 0.717) is 25.4 Å². The molecule has 116 valence electrons. The lowest BCUT2D eigenvalue weighted by Crippen LogP contribution is -2.23. The molecule has 0 saturated carbocycles. The average molecular weight is 318 g/mol. The van der Waals surface area contributed by atoms with Gasteiger partial charge >= 0.3 is 0 Å². The van der Waals surface area contributed by atoms with E-state index in [0.717, 1.165) is 29.3 Å². The summed E-state index contributed by atoms with van der Waals surface area (Å²) >= 11 is 1.33. The third-order valence-electron chi connectivity index (χ3n) is 3.51. The highest BCUT2D eigenvalue weighted by Gasteiger charge is 2.21. The summed E-state index contributed by atoms with van der Waals surface area (Å²) in [7, 11) is 1.63. The lowest BCUT2D eigenvalue weighted by molar-refractivity contribution is -0.117. The lowest BCUT2D eigenvalue weighted by atomic mass is 10.2. The van der Waals surface area contributed by atoms with E-state index in [1.165, 1.54) is 11.5 Å². The van der Waals surface area contributed by atoms with Crippen LogP contribution in [0.3, 0.4) is 0 Å². The highest BCUT2D eigenvalue weighted by Crippen LogP contribution is 2.22. The zero-order valence-corrected chi connectivity index (χ0v) is 13.2. The van der Waals surface area contributed by atoms with Gasteiger partial charge in [0.05, 0.1) is 0 Å². The van der Waals surface area contributed by atoms with Gasteiger partial charge in [-0.25, -0.2) is 4.98 Å². The third-order valence-corrected chi connectivity index (χ3v) is 4.22. The van der Waals surface area contributed by atoms with Crippen LogP contribution in [-0.4, -0.2) is 28.9 Å². The molecular weight excluding hydrogens is 300 g/mol. The molecule has 2 heterocycles. The summed E-state index contributed by atoms with van der Waals surface area (Å²) in [6, 6.07) is 8.06. The first kappa shape index (κ1) is 14.9. The monoisotopic (exact) mass is 318 g/mol. The third kappa shape index (κ3) is 3.42. The maximum absolute atomic E-state index is 11.7. The Morgan fingerprint density at radius 2 is 2.18 bits per heavy atom. The molecule has 0 radical (unpaired) electrons. The normalized spacial score (nSPS) is 14.6. The van der Waals surface area contributed by atoms with Crippen LogP contribution in [0.25, 0.3) is 0 Å². The van der Waals surface area contributed by atoms with Crippen LogP contribution < -0.4 is 10.2 Å². The second kappa shape index (κ2) is 6.85. The maximum atomic E-state index is 11.7. The SMILES string of the molecule is COCc1nsc(NCc2ccc(N3CCCC3=O)cc2)n1. The first-order chi connectivity index (χ1) is 10.8. The summed E-state index contributed by atoms with van der Waals surface area (Å²) in [6.07, 6.45) is 1.60. The second-order valence-electron chi connectivity index (χ2n) is 5.12. The Morgan fingerprint density at radius 1 is 1.36 bits per heavy atom. The van der Waals surface area contributed by atoms with Gasteiger partial charge in [-0.2, -0.15) is 4.37 Å². The van der Waals surface area contributed by atoms with Crippen LogP contribution in [0.5, 0.6) is 0 Å². The molecule has 1 aliphatic rings. The molecule has 1 aromatic heterocycles. The topological polar surface area (TPSA) is 67.3 Å². The predicted octanol–water partition coefficient (Wildman–Crippen LogP) is 2.42. The van der Waals surface area contributed by atoms with Crippen molar-refractivity contribution in [3.63, 3.8) is 0 Å². The Bertz CT molecular complexity index is 641. The number of nitrogens with zero attached hydrogens (tertiary/aromatic N) is 3. The smallest absolute Gasteiger partial charge is 0.227 e. The van der Waals surface area contributed by atoms with E-state index in [1.54, 1.807) is 7.11 Å². The van der Waals surface area contributed by atoms with Gasteiger partial charge in [0.25, 0.3) is 0 Å². The summed E-state index contributed by atoms with van der Waals surface area (Å²) in [5, 5.41) is 4.03. The van der Waals surface area contributed by atoms with E-state index >= 15 is 0 Å². The van der Waals surface area contributed by atoms with Crippen LogP contribution in [0.4, 0.5) is 10.8 Å². The molecule has 3 rings (SSSR count). The molecule has 2 aromatic rings. The first-order valence-corrected chi connectivity index (χ1v) is 7.98. The fraction of sp³-hybridized carbons (Fsp3) is 0.400. The molecule has 0 unspecified atom stereocenters. The molecule has 0 bridgehead atoms. The molecule has 1 aromatic carbocycles. The van der Waals surface area contributed by atoms with Crippen LogP contribution in [0.1, 0.15) is 24.2 Å². The molecule has 7 heteroatoms. The Balaban J connectivity index is 1.57. The largest absolute Gasteiger partial charge is 0.377 e. The van der Waals surface area contributed by atoms with Crippen LogP contribution in [0, 0.1) is 0 Å². The molecule has 1 fully saturated rings. The minimum Gasteiger partial charge on any atom is -0.377 e. The number of methoxy groups -OCH3 is 1. The summed E-state index contributed by atoms with van der Waals surface area (Å²) in [5.41, 5.74) is 2.11. The molecule has 0 atom stereocenters. The minimum absolute atomic E-state index is 0.213. The van der Waals surface area contributed by atoms with Gasteiger partial charge in [0, 0.05) is 43.8 Å². The quantitative estimate of drug-likeness (QED) is 0.886. The van der Waals surface area contributed by atoms with E-state index in [-0.39, 0.29) is 5.91 Å². The Morgan fingerprint density at radius 3 is 2.86 bits per heavy atom. The van der Waals surface area contributed by atoms with E-state index in [1.807, 2.05) is 29.2 Å². The van der Waals surface area contributed by atoms with Crippen LogP contribution in [-0.2, 0) is 22.7 Å². The van der Waals surface area contributed by atoms with Crippen molar-refractivity contribution in [3.05, 3.63) is 35.7 Å². The van der Waals surface area contributed by atoms with E-state index in [4.69, 9.17) is 4.74 Å². The Kier molecular flexibility index (Phi) is 4.65. The molecule has 1 saturated heterocycles. The number of hydrogen-bond donors (Lipinski definition) is 1. The number of nitrogens with one attached hydrogen (secondary N) is 1. The van der Waals surface area contributed by atoms with E-state index in [9.17, 15) is 4.79 Å². The van der Waals surface area contributed by atoms with Gasteiger partial charge in [-0.3, -0.25) is 4.79 Å². The number of amides is 1. The van der Waals surface area contributed by atoms with Crippen molar-refractivity contribution >= 4 is 28.3 Å². The second-order valence-corrected chi connectivity index (χ2v) is 5.87. The highest BCUT2D eigenvalue weighted by molar-refractivity contribution is 7.09. The molecule has 6 nitrogen and oxygen atoms in total. The molecular formula is C15H18N4O2S. The number of benzene rings is 1. The fourth-order valence-corrected chi connectivity index (χ4v) is 2.97. The number of carbonyl (C=O) groups is 1. The van der Waals surface area contributed by atoms with Crippen molar-refractivity contribution in [3.8, 4) is 0 Å². The standard InChI is InChI=1S/C15H18N4O2S/c1-21-10-13-17-15(22-18-13)16-9-11-4-6-12(7-5-11)19-8-2-3-14(19)20/h4-7H,2-3,8-10H2,1H3,(H,16,17,18). The number of carbonyl (C=O) groups excluding carboxylic acids is 1. The molecule has 1 N–H and O–H groups in total. The number of hydrogen-bond acceptors (Lipinski definition) is 6. The number of aromatic nitrogens is 2. The zero-order chi connectivity index (χ0) is 15.4. The maximum Gasteiger partial charge on any atom is 0.227 e. The molecule has 22 heavy (non-hydrogen) atoms. The fourth-order valence-electron chi connectivity index (χ4n) is 2.41. The number of anilines is 2. The van der Waals surface area contributed by atoms with Crippen molar-refractivity contribution < 1.29 is 9.53 Å². The van der Waals surface area contributed by atoms with E-state index in [2.05, 4.69) is 14.7 Å². The van der Waals surface area contributed by atoms with Gasteiger partial charge in [0.1, 0.15) is 6.61 Å². The van der Waals surface area contributed by atoms with Crippen molar-refractivity contribution in [1.29, 1.82) is 0 Å². The van der Waals surface area contributed by atoms with Gasteiger partial charge in [-0.15, -0.1) is 0 Å². The summed E-state index contributed by atoms with van der Waals surface area (Å²) < 4.78 is 9.19. The van der Waals surface area contributed by atoms with Gasteiger partial charge in [0.2, 0.25) is 11.0 Å². The van der Waals surface area contributed by atoms with Crippen molar-refractivity contribution in [2.45, 2.75) is 26.0 Å². The predicted molar refractivity (Wildman–Crippen MR) is 86.0 cm³/mol. The molecule has 1 amide bonds. The average Bonchev–Trinajstić information content (AvgIpc) is 3.15. The van der Waals surface area contributed by atoms with Crippen molar-refractivity contribution in [1.82, 2.24) is 9.36 Å². The number of rotatable bonds is 6. The summed E-state index contributed by atoms with van der Waals surface area (Å²) in [5.74, 6) is 0.906. The highest BCUT2D eigenvalue weighted by atomic mass is 32.1. The minimum atomic E-state index is 0.213. The van der Waals surface area contributed by atoms with Crippen LogP contribution >= 0.6 is 11.5 Å². The van der Waals surface area contributed by atoms with Gasteiger partial charge in [-0.05, 0) is 24.1 Å². The van der Waals surface area contributed by atoms with Gasteiger partial charge in [0.15, 0.2) is 5.82 Å². The first-order valence-electron chi connectivity index (χ1n) is 7.21. The van der Waals surface area contributed by atoms with Gasteiger partial charge < -0.3 is 15.0 Å². The molecule has 0 spiro atoms. The molecule has 1 aliphatic heterocycles. The lowest BCUT2D eigenvalue weighted by Gasteiger charge is -2.15. The van der Waals surface area contributed by atoms with Crippen LogP contribution in [0.2, 0.25) is 0 Å². The Labute approximate surface area is 133 Å². The van der Waals surface area contributed by atoms with E-state index < -0.39 is 0 Å². The van der Waals surface area contributed by atoms with Crippen LogP contribution in [0.15, 0.2) is 24.3 Å². The Hall–Kier alpha value is -1.99. The van der Waals surface area contributed by atoms with Gasteiger partial charge in [-0.1, -0.05) is 12.1 Å².